The van der Waals surface area contributed by atoms with Crippen LogP contribution in [-0.2, 0) is 17.8 Å². The number of aryl methyl sites for hydroxylation is 1. The van der Waals surface area contributed by atoms with E-state index in [0.717, 1.165) is 39.0 Å². The van der Waals surface area contributed by atoms with Gasteiger partial charge in [0.15, 0.2) is 5.82 Å². The molecular formula is C27H24BrN3O3. The van der Waals surface area contributed by atoms with E-state index < -0.39 is 0 Å². The maximum Gasteiger partial charge on any atom is 0.256 e. The largest absolute Gasteiger partial charge is 0.489 e. The third-order valence-electron chi connectivity index (χ3n) is 5.27. The third-order valence-corrected chi connectivity index (χ3v) is 5.96. The molecule has 0 spiro atoms. The molecule has 0 bridgehead atoms. The number of aromatic amines is 1. The Labute approximate surface area is 206 Å². The molecule has 1 amide bonds. The van der Waals surface area contributed by atoms with Crippen molar-refractivity contribution in [3.05, 3.63) is 100 Å². The Morgan fingerprint density at radius 2 is 1.76 bits per heavy atom. The fourth-order valence-electron chi connectivity index (χ4n) is 3.43. The summed E-state index contributed by atoms with van der Waals surface area (Å²) in [6.45, 7) is 1.93. The lowest BCUT2D eigenvalue weighted by molar-refractivity contribution is -0.116. The van der Waals surface area contributed by atoms with Gasteiger partial charge in [-0.15, -0.1) is 0 Å². The van der Waals surface area contributed by atoms with Gasteiger partial charge in [0.1, 0.15) is 18.1 Å². The monoisotopic (exact) mass is 517 g/mol. The van der Waals surface area contributed by atoms with Crippen LogP contribution in [0.1, 0.15) is 34.8 Å². The molecule has 0 radical (unpaired) electrons. The number of halogens is 1. The first-order valence-corrected chi connectivity index (χ1v) is 11.7. The molecule has 6 nitrogen and oxygen atoms in total. The fourth-order valence-corrected chi connectivity index (χ4v) is 3.93. The van der Waals surface area contributed by atoms with Crippen molar-refractivity contribution >= 4 is 33.4 Å². The van der Waals surface area contributed by atoms with Crippen molar-refractivity contribution in [1.29, 1.82) is 0 Å². The number of ether oxygens (including phenoxy) is 1. The highest BCUT2D eigenvalue weighted by molar-refractivity contribution is 9.10. The van der Waals surface area contributed by atoms with Gasteiger partial charge in [-0.1, -0.05) is 58.4 Å². The Morgan fingerprint density at radius 1 is 0.971 bits per heavy atom. The fraction of sp³-hybridized carbons (Fsp3) is 0.148. The van der Waals surface area contributed by atoms with Crippen LogP contribution in [0.2, 0.25) is 0 Å². The predicted molar refractivity (Wildman–Crippen MR) is 136 cm³/mol. The number of amides is 1. The van der Waals surface area contributed by atoms with Crippen molar-refractivity contribution in [3.8, 4) is 17.0 Å². The van der Waals surface area contributed by atoms with Crippen LogP contribution in [0.25, 0.3) is 11.3 Å². The molecule has 0 fully saturated rings. The minimum absolute atomic E-state index is 0.182. The Morgan fingerprint density at radius 3 is 2.53 bits per heavy atom. The molecule has 0 aliphatic heterocycles. The first-order valence-electron chi connectivity index (χ1n) is 10.9. The van der Waals surface area contributed by atoms with Gasteiger partial charge in [-0.2, -0.15) is 5.10 Å². The molecule has 1 heterocycles. The second kappa shape index (κ2) is 10.9. The zero-order valence-electron chi connectivity index (χ0n) is 18.7. The number of benzene rings is 3. The molecule has 172 valence electrons. The van der Waals surface area contributed by atoms with E-state index >= 15 is 0 Å². The number of ketones is 1. The summed E-state index contributed by atoms with van der Waals surface area (Å²) >= 11 is 3.53. The predicted octanol–water partition coefficient (Wildman–Crippen LogP) is 6.19. The molecule has 2 N–H and O–H groups in total. The van der Waals surface area contributed by atoms with Crippen molar-refractivity contribution < 1.29 is 14.3 Å². The van der Waals surface area contributed by atoms with E-state index in [9.17, 15) is 9.59 Å². The molecule has 4 rings (SSSR count). The van der Waals surface area contributed by atoms with E-state index in [4.69, 9.17) is 4.74 Å². The first kappa shape index (κ1) is 23.4. The number of anilines is 1. The summed E-state index contributed by atoms with van der Waals surface area (Å²) < 4.78 is 6.81. The van der Waals surface area contributed by atoms with Crippen LogP contribution in [-0.4, -0.2) is 21.9 Å². The minimum Gasteiger partial charge on any atom is -0.489 e. The first-order chi connectivity index (χ1) is 16.5. The number of aromatic nitrogens is 2. The van der Waals surface area contributed by atoms with Crippen LogP contribution in [0.5, 0.6) is 5.75 Å². The SMILES string of the molecule is CC(=O)CCc1ccc(OCc2cccc(C(=O)Nc3cc(-c4ccccc4Br)[nH]n3)c2)cc1. The minimum atomic E-state index is -0.248. The number of carbonyl (C=O) groups excluding carboxylic acids is 2. The Balaban J connectivity index is 1.35. The maximum absolute atomic E-state index is 12.8. The normalized spacial score (nSPS) is 10.6. The van der Waals surface area contributed by atoms with Crippen LogP contribution < -0.4 is 10.1 Å². The van der Waals surface area contributed by atoms with Gasteiger partial charge in [-0.25, -0.2) is 0 Å². The van der Waals surface area contributed by atoms with Gasteiger partial charge in [-0.05, 0) is 54.8 Å². The standard InChI is InChI=1S/C27H24BrN3O3/c1-18(32)9-10-19-11-13-22(14-12-19)34-17-20-5-4-6-21(15-20)27(33)29-26-16-25(30-31-26)23-7-2-3-8-24(23)28/h2-8,11-16H,9-10,17H2,1H3,(H2,29,30,31,33). The number of nitrogens with one attached hydrogen (secondary N) is 2. The second-order valence-electron chi connectivity index (χ2n) is 7.94. The van der Waals surface area contributed by atoms with Crippen LogP contribution in [0.15, 0.2) is 83.3 Å². The number of H-pyrrole nitrogens is 1. The highest BCUT2D eigenvalue weighted by Gasteiger charge is 2.11. The summed E-state index contributed by atoms with van der Waals surface area (Å²) in [6, 6.07) is 24.6. The lowest BCUT2D eigenvalue weighted by Gasteiger charge is -2.09. The average Bonchev–Trinajstić information content (AvgIpc) is 3.30. The summed E-state index contributed by atoms with van der Waals surface area (Å²) in [5.74, 6) is 1.11. The molecule has 4 aromatic rings. The van der Waals surface area contributed by atoms with Crippen molar-refractivity contribution in [3.63, 3.8) is 0 Å². The van der Waals surface area contributed by atoms with E-state index in [1.165, 1.54) is 0 Å². The molecule has 0 unspecified atom stereocenters. The van der Waals surface area contributed by atoms with Gasteiger partial charge in [0.05, 0.1) is 5.69 Å². The Bertz CT molecular complexity index is 1300. The molecule has 0 aliphatic carbocycles. The molecule has 0 aliphatic rings. The van der Waals surface area contributed by atoms with Crippen molar-refractivity contribution in [2.24, 2.45) is 0 Å². The molecule has 34 heavy (non-hydrogen) atoms. The number of hydrogen-bond donors (Lipinski definition) is 2. The van der Waals surface area contributed by atoms with E-state index in [1.807, 2.05) is 60.7 Å². The molecule has 1 aromatic heterocycles. The van der Waals surface area contributed by atoms with Crippen LogP contribution in [0, 0.1) is 0 Å². The summed E-state index contributed by atoms with van der Waals surface area (Å²) in [5.41, 5.74) is 4.26. The van der Waals surface area contributed by atoms with Gasteiger partial charge in [0, 0.05) is 28.1 Å². The van der Waals surface area contributed by atoms with Gasteiger partial charge in [-0.3, -0.25) is 9.89 Å². The summed E-state index contributed by atoms with van der Waals surface area (Å²) in [5, 5.41) is 10.00. The topological polar surface area (TPSA) is 84.1 Å². The van der Waals surface area contributed by atoms with Crippen LogP contribution in [0.4, 0.5) is 5.82 Å². The molecule has 0 saturated heterocycles. The zero-order valence-corrected chi connectivity index (χ0v) is 20.3. The Kier molecular flexibility index (Phi) is 7.54. The highest BCUT2D eigenvalue weighted by Crippen LogP contribution is 2.27. The summed E-state index contributed by atoms with van der Waals surface area (Å²) in [4.78, 5) is 23.9. The average molecular weight is 518 g/mol. The number of rotatable bonds is 9. The van der Waals surface area contributed by atoms with E-state index in [2.05, 4.69) is 31.4 Å². The van der Waals surface area contributed by atoms with E-state index in [1.54, 1.807) is 25.1 Å². The van der Waals surface area contributed by atoms with Gasteiger partial charge < -0.3 is 14.8 Å². The molecular weight excluding hydrogens is 494 g/mol. The van der Waals surface area contributed by atoms with E-state index in [-0.39, 0.29) is 11.7 Å². The molecule has 0 saturated carbocycles. The highest BCUT2D eigenvalue weighted by atomic mass is 79.9. The zero-order chi connectivity index (χ0) is 23.9. The third kappa shape index (κ3) is 6.20. The molecule has 3 aromatic carbocycles. The van der Waals surface area contributed by atoms with E-state index in [0.29, 0.717) is 24.4 Å². The summed E-state index contributed by atoms with van der Waals surface area (Å²) in [7, 11) is 0. The van der Waals surface area contributed by atoms with Crippen molar-refractivity contribution in [2.45, 2.75) is 26.4 Å². The van der Waals surface area contributed by atoms with Gasteiger partial charge >= 0.3 is 0 Å². The smallest absolute Gasteiger partial charge is 0.256 e. The van der Waals surface area contributed by atoms with Crippen molar-refractivity contribution in [2.75, 3.05) is 5.32 Å². The Hall–Kier alpha value is -3.71. The van der Waals surface area contributed by atoms with Crippen LogP contribution >= 0.6 is 15.9 Å². The van der Waals surface area contributed by atoms with Crippen LogP contribution in [0.3, 0.4) is 0 Å². The quantitative estimate of drug-likeness (QED) is 0.277. The molecule has 0 atom stereocenters. The van der Waals surface area contributed by atoms with Crippen molar-refractivity contribution in [1.82, 2.24) is 10.2 Å². The summed E-state index contributed by atoms with van der Waals surface area (Å²) in [6.07, 6.45) is 1.27. The molecule has 7 heteroatoms. The lowest BCUT2D eigenvalue weighted by Crippen LogP contribution is -2.12. The number of carbonyl (C=O) groups is 2. The van der Waals surface area contributed by atoms with Gasteiger partial charge in [0.25, 0.3) is 5.91 Å². The number of Topliss-reactive ketones (excluding diaryl/α,β-unsaturated/α-hetero) is 1. The van der Waals surface area contributed by atoms with Gasteiger partial charge in [0.2, 0.25) is 0 Å². The number of nitrogens with zero attached hydrogens (tertiary/aromatic N) is 1. The number of hydrogen-bond acceptors (Lipinski definition) is 4. The second-order valence-corrected chi connectivity index (χ2v) is 8.79. The maximum atomic E-state index is 12.8. The lowest BCUT2D eigenvalue weighted by atomic mass is 10.1.